The highest BCUT2D eigenvalue weighted by Crippen LogP contribution is 2.24. The maximum absolute atomic E-state index is 8.53. The molecule has 2 rings (SSSR count). The molecule has 1 aromatic heterocycles. The van der Waals surface area contributed by atoms with Crippen LogP contribution in [-0.4, -0.2) is 22.6 Å². The molecule has 0 unspecified atom stereocenters. The summed E-state index contributed by atoms with van der Waals surface area (Å²) in [6, 6.07) is 3.48. The molecule has 1 aliphatic carbocycles. The van der Waals surface area contributed by atoms with Crippen LogP contribution in [0.4, 0.5) is 0 Å². The highest BCUT2D eigenvalue weighted by Gasteiger charge is 2.14. The van der Waals surface area contributed by atoms with Gasteiger partial charge in [0.1, 0.15) is 0 Å². The fourth-order valence-electron chi connectivity index (χ4n) is 2.23. The van der Waals surface area contributed by atoms with Crippen LogP contribution in [-0.2, 0) is 0 Å². The molecule has 18 heavy (non-hydrogen) atoms. The predicted octanol–water partition coefficient (Wildman–Crippen LogP) is 2.14. The molecule has 1 saturated carbocycles. The van der Waals surface area contributed by atoms with Crippen LogP contribution in [0.2, 0.25) is 0 Å². The summed E-state index contributed by atoms with van der Waals surface area (Å²) >= 11 is 0. The lowest BCUT2D eigenvalue weighted by Gasteiger charge is -2.21. The van der Waals surface area contributed by atoms with Gasteiger partial charge in [-0.05, 0) is 24.8 Å². The maximum Gasteiger partial charge on any atom is 0.213 e. The minimum atomic E-state index is 0.0568. The lowest BCUT2D eigenvalue weighted by Crippen LogP contribution is -2.16. The van der Waals surface area contributed by atoms with Gasteiger partial charge >= 0.3 is 0 Å². The molecule has 1 fully saturated rings. The molecule has 0 saturated heterocycles. The van der Waals surface area contributed by atoms with Crippen LogP contribution < -0.4 is 10.5 Å². The largest absolute Gasteiger partial charge is 0.477 e. The average Bonchev–Trinajstić information content (AvgIpc) is 2.46. The Balaban J connectivity index is 1.86. The zero-order chi connectivity index (χ0) is 12.8. The molecule has 1 aliphatic rings. The molecule has 1 heterocycles. The Bertz CT molecular complexity index is 397. The molecule has 3 N–H and O–H groups in total. The van der Waals surface area contributed by atoms with Crippen molar-refractivity contribution in [1.82, 2.24) is 4.98 Å². The summed E-state index contributed by atoms with van der Waals surface area (Å²) in [5.41, 5.74) is 6.04. The highest BCUT2D eigenvalue weighted by atomic mass is 16.5. The number of oxime groups is 1. The second-order valence-corrected chi connectivity index (χ2v) is 4.69. The first kappa shape index (κ1) is 12.7. The highest BCUT2D eigenvalue weighted by molar-refractivity contribution is 5.96. The van der Waals surface area contributed by atoms with Crippen LogP contribution in [0.25, 0.3) is 0 Å². The van der Waals surface area contributed by atoms with E-state index in [2.05, 4.69) is 10.1 Å². The molecule has 0 aromatic carbocycles. The van der Waals surface area contributed by atoms with E-state index in [0.717, 1.165) is 6.61 Å². The zero-order valence-corrected chi connectivity index (χ0v) is 10.4. The number of ether oxygens (including phenoxy) is 1. The minimum Gasteiger partial charge on any atom is -0.477 e. The second-order valence-electron chi connectivity index (χ2n) is 4.69. The Hall–Kier alpha value is -1.78. The number of hydrogen-bond donors (Lipinski definition) is 2. The van der Waals surface area contributed by atoms with Crippen LogP contribution in [0.1, 0.15) is 37.7 Å². The summed E-state index contributed by atoms with van der Waals surface area (Å²) in [7, 11) is 0. The third kappa shape index (κ3) is 3.35. The van der Waals surface area contributed by atoms with Gasteiger partial charge in [0.25, 0.3) is 0 Å². The second kappa shape index (κ2) is 6.23. The molecule has 0 radical (unpaired) electrons. The van der Waals surface area contributed by atoms with Crippen molar-refractivity contribution in [2.24, 2.45) is 16.8 Å². The Morgan fingerprint density at radius 2 is 2.17 bits per heavy atom. The summed E-state index contributed by atoms with van der Waals surface area (Å²) in [5, 5.41) is 11.5. The van der Waals surface area contributed by atoms with E-state index in [9.17, 15) is 0 Å². The average molecular weight is 249 g/mol. The lowest BCUT2D eigenvalue weighted by molar-refractivity contribution is 0.203. The van der Waals surface area contributed by atoms with Gasteiger partial charge in [0.15, 0.2) is 5.84 Å². The van der Waals surface area contributed by atoms with Gasteiger partial charge in [-0.25, -0.2) is 4.98 Å². The number of hydrogen-bond acceptors (Lipinski definition) is 4. The summed E-state index contributed by atoms with van der Waals surface area (Å²) < 4.78 is 5.66. The van der Waals surface area contributed by atoms with Gasteiger partial charge in [0, 0.05) is 17.8 Å². The maximum atomic E-state index is 8.53. The molecule has 1 aromatic rings. The van der Waals surface area contributed by atoms with Crippen molar-refractivity contribution in [1.29, 1.82) is 0 Å². The summed E-state index contributed by atoms with van der Waals surface area (Å²) in [6.07, 6.45) is 8.02. The van der Waals surface area contributed by atoms with Crippen molar-refractivity contribution in [3.8, 4) is 5.88 Å². The van der Waals surface area contributed by atoms with Crippen molar-refractivity contribution in [2.45, 2.75) is 32.1 Å². The normalized spacial score (nSPS) is 17.7. The molecule has 0 amide bonds. The molecule has 0 spiro atoms. The van der Waals surface area contributed by atoms with Gasteiger partial charge < -0.3 is 15.7 Å². The van der Waals surface area contributed by atoms with E-state index in [4.69, 9.17) is 15.7 Å². The monoisotopic (exact) mass is 249 g/mol. The summed E-state index contributed by atoms with van der Waals surface area (Å²) in [5.74, 6) is 1.31. The third-order valence-corrected chi connectivity index (χ3v) is 3.33. The number of rotatable bonds is 4. The number of nitrogens with two attached hydrogens (primary N) is 1. The van der Waals surface area contributed by atoms with E-state index < -0.39 is 0 Å². The van der Waals surface area contributed by atoms with E-state index in [1.807, 2.05) is 0 Å². The fraction of sp³-hybridized carbons (Fsp3) is 0.538. The molecule has 0 bridgehead atoms. The standard InChI is InChI=1S/C13H19N3O2/c14-13(16-17)11-6-7-12(15-8-11)18-9-10-4-2-1-3-5-10/h6-8,10,17H,1-5,9H2,(H2,14,16). The Morgan fingerprint density at radius 1 is 1.39 bits per heavy atom. The fourth-order valence-corrected chi connectivity index (χ4v) is 2.23. The minimum absolute atomic E-state index is 0.0568. The van der Waals surface area contributed by atoms with E-state index in [0.29, 0.717) is 17.4 Å². The number of pyridine rings is 1. The Morgan fingerprint density at radius 3 is 2.78 bits per heavy atom. The van der Waals surface area contributed by atoms with Crippen molar-refractivity contribution >= 4 is 5.84 Å². The first-order valence-corrected chi connectivity index (χ1v) is 6.36. The van der Waals surface area contributed by atoms with E-state index in [1.54, 1.807) is 18.3 Å². The SMILES string of the molecule is NC(=NO)c1ccc(OCC2CCCCC2)nc1. The number of amidine groups is 1. The predicted molar refractivity (Wildman–Crippen MR) is 68.8 cm³/mol. The van der Waals surface area contributed by atoms with Crippen molar-refractivity contribution in [3.63, 3.8) is 0 Å². The Labute approximate surface area is 107 Å². The quantitative estimate of drug-likeness (QED) is 0.371. The number of nitrogens with zero attached hydrogens (tertiary/aromatic N) is 2. The summed E-state index contributed by atoms with van der Waals surface area (Å²) in [4.78, 5) is 4.14. The zero-order valence-electron chi connectivity index (χ0n) is 10.4. The van der Waals surface area contributed by atoms with Crippen LogP contribution in [0.15, 0.2) is 23.5 Å². The number of aromatic nitrogens is 1. The van der Waals surface area contributed by atoms with Crippen LogP contribution in [0, 0.1) is 5.92 Å². The van der Waals surface area contributed by atoms with Gasteiger partial charge in [-0.2, -0.15) is 0 Å². The van der Waals surface area contributed by atoms with E-state index in [-0.39, 0.29) is 5.84 Å². The smallest absolute Gasteiger partial charge is 0.213 e. The third-order valence-electron chi connectivity index (χ3n) is 3.33. The topological polar surface area (TPSA) is 80.7 Å². The first-order valence-electron chi connectivity index (χ1n) is 6.36. The summed E-state index contributed by atoms with van der Waals surface area (Å²) in [6.45, 7) is 0.732. The van der Waals surface area contributed by atoms with Gasteiger partial charge in [-0.1, -0.05) is 24.4 Å². The van der Waals surface area contributed by atoms with E-state index >= 15 is 0 Å². The molecular weight excluding hydrogens is 230 g/mol. The van der Waals surface area contributed by atoms with Crippen LogP contribution in [0.3, 0.4) is 0 Å². The lowest BCUT2D eigenvalue weighted by atomic mass is 9.90. The molecule has 5 heteroatoms. The van der Waals surface area contributed by atoms with Crippen molar-refractivity contribution in [3.05, 3.63) is 23.9 Å². The van der Waals surface area contributed by atoms with Crippen LogP contribution >= 0.6 is 0 Å². The van der Waals surface area contributed by atoms with Crippen molar-refractivity contribution < 1.29 is 9.94 Å². The molecule has 98 valence electrons. The van der Waals surface area contributed by atoms with Gasteiger partial charge in [0.05, 0.1) is 6.61 Å². The van der Waals surface area contributed by atoms with Crippen molar-refractivity contribution in [2.75, 3.05) is 6.61 Å². The van der Waals surface area contributed by atoms with E-state index in [1.165, 1.54) is 32.1 Å². The molecule has 0 aliphatic heterocycles. The van der Waals surface area contributed by atoms with Gasteiger partial charge in [-0.3, -0.25) is 0 Å². The molecule has 5 nitrogen and oxygen atoms in total. The molecule has 0 atom stereocenters. The molecular formula is C13H19N3O2. The first-order chi connectivity index (χ1) is 8.79. The van der Waals surface area contributed by atoms with Crippen LogP contribution in [0.5, 0.6) is 5.88 Å². The van der Waals surface area contributed by atoms with Gasteiger partial charge in [-0.15, -0.1) is 0 Å². The van der Waals surface area contributed by atoms with Gasteiger partial charge in [0.2, 0.25) is 5.88 Å². The Kier molecular flexibility index (Phi) is 4.39.